The zero-order valence-corrected chi connectivity index (χ0v) is 16.3. The van der Waals surface area contributed by atoms with Gasteiger partial charge in [-0.25, -0.2) is 13.1 Å². The first-order valence-electron chi connectivity index (χ1n) is 8.67. The van der Waals surface area contributed by atoms with Crippen molar-refractivity contribution in [1.82, 2.24) is 10.0 Å². The number of carbonyl (C=O) groups is 1. The van der Waals surface area contributed by atoms with Crippen molar-refractivity contribution < 1.29 is 13.2 Å². The molecule has 2 rings (SSSR count). The van der Waals surface area contributed by atoms with Crippen LogP contribution in [0.15, 0.2) is 47.4 Å². The number of nitrogens with two attached hydrogens (primary N) is 1. The summed E-state index contributed by atoms with van der Waals surface area (Å²) >= 11 is 0. The van der Waals surface area contributed by atoms with Gasteiger partial charge < -0.3 is 11.1 Å². The van der Waals surface area contributed by atoms with Crippen LogP contribution in [0, 0.1) is 5.92 Å². The van der Waals surface area contributed by atoms with E-state index in [0.717, 1.165) is 10.8 Å². The molecule has 4 N–H and O–H groups in total. The van der Waals surface area contributed by atoms with E-state index >= 15 is 0 Å². The molecule has 0 bridgehead atoms. The van der Waals surface area contributed by atoms with Crippen LogP contribution in [0.5, 0.6) is 0 Å². The summed E-state index contributed by atoms with van der Waals surface area (Å²) in [5.41, 5.74) is 5.24. The molecule has 0 heterocycles. The Kier molecular flexibility index (Phi) is 6.39. The number of fused-ring (bicyclic) bond motifs is 1. The largest absolute Gasteiger partial charge is 0.349 e. The summed E-state index contributed by atoms with van der Waals surface area (Å²) in [6.45, 7) is 6.19. The highest BCUT2D eigenvalue weighted by Gasteiger charge is 2.28. The van der Waals surface area contributed by atoms with Crippen molar-refractivity contribution in [3.63, 3.8) is 0 Å². The maximum absolute atomic E-state index is 12.4. The molecule has 1 unspecified atom stereocenters. The van der Waals surface area contributed by atoms with E-state index in [2.05, 4.69) is 10.0 Å². The van der Waals surface area contributed by atoms with Gasteiger partial charge in [0.25, 0.3) is 0 Å². The minimum Gasteiger partial charge on any atom is -0.349 e. The van der Waals surface area contributed by atoms with E-state index < -0.39 is 15.6 Å². The molecule has 0 aliphatic heterocycles. The van der Waals surface area contributed by atoms with Gasteiger partial charge >= 0.3 is 0 Å². The van der Waals surface area contributed by atoms with E-state index in [-0.39, 0.29) is 29.7 Å². The second-order valence-corrected chi connectivity index (χ2v) is 8.75. The maximum atomic E-state index is 12.4. The lowest BCUT2D eigenvalue weighted by Gasteiger charge is -2.33. The first-order valence-corrected chi connectivity index (χ1v) is 10.2. The molecule has 1 atom stereocenters. The average Bonchev–Trinajstić information content (AvgIpc) is 2.60. The number of carbonyl (C=O) groups excluding carboxylic acids is 1. The molecular formula is C19H27N3O3S. The number of hydrogen-bond acceptors (Lipinski definition) is 4. The fourth-order valence-electron chi connectivity index (χ4n) is 2.53. The van der Waals surface area contributed by atoms with Crippen molar-refractivity contribution in [1.29, 1.82) is 0 Å². The van der Waals surface area contributed by atoms with Gasteiger partial charge in [-0.05, 0) is 35.7 Å². The van der Waals surface area contributed by atoms with E-state index in [1.54, 1.807) is 18.2 Å². The molecule has 0 radical (unpaired) electrons. The third kappa shape index (κ3) is 4.81. The summed E-state index contributed by atoms with van der Waals surface area (Å²) in [7, 11) is -3.67. The topological polar surface area (TPSA) is 101 Å². The molecule has 0 fully saturated rings. The first kappa shape index (κ1) is 20.4. The predicted octanol–water partition coefficient (Wildman–Crippen LogP) is 2.00. The monoisotopic (exact) mass is 377 g/mol. The summed E-state index contributed by atoms with van der Waals surface area (Å²) in [6, 6.07) is 12.5. The third-order valence-electron chi connectivity index (χ3n) is 4.80. The SMILES string of the molecule is CC(C)C(C)(CN)NC(=O)CCNS(=O)(=O)c1ccc2ccccc2c1. The van der Waals surface area contributed by atoms with E-state index in [0.29, 0.717) is 6.54 Å². The summed E-state index contributed by atoms with van der Waals surface area (Å²) in [4.78, 5) is 12.3. The highest BCUT2D eigenvalue weighted by molar-refractivity contribution is 7.89. The van der Waals surface area contributed by atoms with Crippen LogP contribution in [0.1, 0.15) is 27.2 Å². The molecule has 0 aliphatic rings. The lowest BCUT2D eigenvalue weighted by Crippen LogP contribution is -2.55. The van der Waals surface area contributed by atoms with E-state index in [9.17, 15) is 13.2 Å². The minimum absolute atomic E-state index is 0.0275. The van der Waals surface area contributed by atoms with E-state index in [1.807, 2.05) is 45.0 Å². The highest BCUT2D eigenvalue weighted by Crippen LogP contribution is 2.19. The number of nitrogens with one attached hydrogen (secondary N) is 2. The summed E-state index contributed by atoms with van der Waals surface area (Å²) < 4.78 is 27.4. The number of hydrogen-bond donors (Lipinski definition) is 3. The molecule has 7 heteroatoms. The molecule has 0 aliphatic carbocycles. The Morgan fingerprint density at radius 3 is 2.42 bits per heavy atom. The lowest BCUT2D eigenvalue weighted by molar-refractivity contribution is -0.123. The van der Waals surface area contributed by atoms with Gasteiger partial charge in [0.15, 0.2) is 0 Å². The zero-order valence-electron chi connectivity index (χ0n) is 15.5. The molecule has 6 nitrogen and oxygen atoms in total. The predicted molar refractivity (Wildman–Crippen MR) is 104 cm³/mol. The van der Waals surface area contributed by atoms with Crippen molar-refractivity contribution in [2.45, 2.75) is 37.6 Å². The van der Waals surface area contributed by atoms with Gasteiger partial charge in [0.1, 0.15) is 0 Å². The molecule has 0 saturated heterocycles. The lowest BCUT2D eigenvalue weighted by atomic mass is 9.88. The van der Waals surface area contributed by atoms with Crippen molar-refractivity contribution in [3.05, 3.63) is 42.5 Å². The van der Waals surface area contributed by atoms with Gasteiger partial charge in [-0.3, -0.25) is 4.79 Å². The van der Waals surface area contributed by atoms with Crippen LogP contribution in [0.3, 0.4) is 0 Å². The van der Waals surface area contributed by atoms with Gasteiger partial charge in [-0.15, -0.1) is 0 Å². The Morgan fingerprint density at radius 2 is 1.81 bits per heavy atom. The molecule has 0 aromatic heterocycles. The van der Waals surface area contributed by atoms with Crippen LogP contribution in [-0.4, -0.2) is 33.0 Å². The number of rotatable bonds is 8. The van der Waals surface area contributed by atoms with Crippen molar-refractivity contribution in [2.24, 2.45) is 11.7 Å². The second-order valence-electron chi connectivity index (χ2n) is 6.98. The van der Waals surface area contributed by atoms with E-state index in [1.165, 1.54) is 0 Å². The van der Waals surface area contributed by atoms with E-state index in [4.69, 9.17) is 5.73 Å². The van der Waals surface area contributed by atoms with Gasteiger partial charge in [0, 0.05) is 19.5 Å². The number of benzene rings is 2. The van der Waals surface area contributed by atoms with Crippen LogP contribution >= 0.6 is 0 Å². The summed E-state index contributed by atoms with van der Waals surface area (Å²) in [6.07, 6.45) is 0.0507. The molecule has 1 amide bonds. The summed E-state index contributed by atoms with van der Waals surface area (Å²) in [5, 5.41) is 4.72. The standard InChI is InChI=1S/C19H27N3O3S/c1-14(2)19(3,13-20)22-18(23)10-11-21-26(24,25)17-9-8-15-6-4-5-7-16(15)12-17/h4-9,12,14,21H,10-11,13,20H2,1-3H3,(H,22,23). The fourth-order valence-corrected chi connectivity index (χ4v) is 3.60. The summed E-state index contributed by atoms with van der Waals surface area (Å²) in [5.74, 6) is -0.0568. The average molecular weight is 378 g/mol. The third-order valence-corrected chi connectivity index (χ3v) is 6.26. The van der Waals surface area contributed by atoms with Crippen LogP contribution in [-0.2, 0) is 14.8 Å². The highest BCUT2D eigenvalue weighted by atomic mass is 32.2. The maximum Gasteiger partial charge on any atom is 0.240 e. The Hall–Kier alpha value is -1.96. The zero-order chi connectivity index (χ0) is 19.4. The van der Waals surface area contributed by atoms with Crippen molar-refractivity contribution in [3.8, 4) is 0 Å². The molecule has 142 valence electrons. The number of amides is 1. The number of sulfonamides is 1. The Labute approximate surface area is 155 Å². The van der Waals surface area contributed by atoms with Crippen LogP contribution in [0.4, 0.5) is 0 Å². The van der Waals surface area contributed by atoms with Crippen LogP contribution in [0.2, 0.25) is 0 Å². The Bertz CT molecular complexity index is 880. The quantitative estimate of drug-likeness (QED) is 0.655. The molecule has 0 saturated carbocycles. The van der Waals surface area contributed by atoms with Gasteiger partial charge in [0.2, 0.25) is 15.9 Å². The molecule has 2 aromatic rings. The second kappa shape index (κ2) is 8.16. The molecule has 2 aromatic carbocycles. The fraction of sp³-hybridized carbons (Fsp3) is 0.421. The Balaban J connectivity index is 1.98. The van der Waals surface area contributed by atoms with Crippen molar-refractivity contribution in [2.75, 3.05) is 13.1 Å². The van der Waals surface area contributed by atoms with Gasteiger partial charge in [-0.1, -0.05) is 44.2 Å². The van der Waals surface area contributed by atoms with Crippen molar-refractivity contribution >= 4 is 26.7 Å². The minimum atomic E-state index is -3.67. The molecular weight excluding hydrogens is 350 g/mol. The molecule has 0 spiro atoms. The normalized spacial score (nSPS) is 14.3. The Morgan fingerprint density at radius 1 is 1.15 bits per heavy atom. The molecule has 26 heavy (non-hydrogen) atoms. The first-order chi connectivity index (χ1) is 12.2. The van der Waals surface area contributed by atoms with Crippen LogP contribution < -0.4 is 15.8 Å². The van der Waals surface area contributed by atoms with Gasteiger partial charge in [-0.2, -0.15) is 0 Å². The van der Waals surface area contributed by atoms with Crippen LogP contribution in [0.25, 0.3) is 10.8 Å². The smallest absolute Gasteiger partial charge is 0.240 e. The van der Waals surface area contributed by atoms with Gasteiger partial charge in [0.05, 0.1) is 10.4 Å².